The molecule has 110 valence electrons. The highest BCUT2D eigenvalue weighted by molar-refractivity contribution is 5.77. The Morgan fingerprint density at radius 2 is 2.05 bits per heavy atom. The maximum atomic E-state index is 11.7. The van der Waals surface area contributed by atoms with E-state index in [0.717, 1.165) is 32.1 Å². The number of carbonyl (C=O) groups is 2. The van der Waals surface area contributed by atoms with Crippen LogP contribution in [0.1, 0.15) is 58.3 Å². The first kappa shape index (κ1) is 16.0. The first-order valence-corrected chi connectivity index (χ1v) is 7.22. The van der Waals surface area contributed by atoms with Crippen molar-refractivity contribution in [1.82, 2.24) is 5.32 Å². The highest BCUT2D eigenvalue weighted by atomic mass is 16.4. The van der Waals surface area contributed by atoms with E-state index in [0.29, 0.717) is 25.3 Å². The smallest absolute Gasteiger partial charge is 0.303 e. The number of carboxylic acids is 1. The maximum absolute atomic E-state index is 11.7. The van der Waals surface area contributed by atoms with Crippen LogP contribution in [0.5, 0.6) is 0 Å². The number of carboxylic acid groups (broad SMARTS) is 1. The molecule has 0 bridgehead atoms. The fourth-order valence-corrected chi connectivity index (χ4v) is 2.49. The fourth-order valence-electron chi connectivity index (χ4n) is 2.49. The lowest BCUT2D eigenvalue weighted by Crippen LogP contribution is -2.50. The first-order chi connectivity index (χ1) is 8.95. The SMILES string of the molecule is CCC(CCNC(=O)CC1(N)CCC1)CCC(=O)O. The van der Waals surface area contributed by atoms with Crippen LogP contribution >= 0.6 is 0 Å². The van der Waals surface area contributed by atoms with Crippen molar-refractivity contribution in [3.05, 3.63) is 0 Å². The van der Waals surface area contributed by atoms with E-state index in [2.05, 4.69) is 12.2 Å². The van der Waals surface area contributed by atoms with Crippen LogP contribution in [0.15, 0.2) is 0 Å². The molecule has 1 amide bonds. The van der Waals surface area contributed by atoms with Crippen LogP contribution in [0.4, 0.5) is 0 Å². The summed E-state index contributed by atoms with van der Waals surface area (Å²) >= 11 is 0. The second kappa shape index (κ2) is 7.48. The van der Waals surface area contributed by atoms with Gasteiger partial charge in [0.05, 0.1) is 0 Å². The van der Waals surface area contributed by atoms with Crippen molar-refractivity contribution in [3.8, 4) is 0 Å². The molecule has 1 saturated carbocycles. The van der Waals surface area contributed by atoms with Crippen molar-refractivity contribution < 1.29 is 14.7 Å². The zero-order valence-corrected chi connectivity index (χ0v) is 11.8. The standard InChI is InChI=1S/C14H26N2O3/c1-2-11(4-5-13(18)19)6-9-16-12(17)10-14(15)7-3-8-14/h11H,2-10,15H2,1H3,(H,16,17)(H,18,19). The molecule has 0 aromatic carbocycles. The molecular weight excluding hydrogens is 244 g/mol. The van der Waals surface area contributed by atoms with Crippen LogP contribution in [-0.4, -0.2) is 29.1 Å². The lowest BCUT2D eigenvalue weighted by molar-refractivity contribution is -0.137. The highest BCUT2D eigenvalue weighted by Crippen LogP contribution is 2.31. The van der Waals surface area contributed by atoms with Gasteiger partial charge in [0.15, 0.2) is 0 Å². The molecule has 0 aromatic heterocycles. The minimum atomic E-state index is -0.752. The van der Waals surface area contributed by atoms with Gasteiger partial charge in [0.1, 0.15) is 0 Å². The monoisotopic (exact) mass is 270 g/mol. The van der Waals surface area contributed by atoms with Crippen LogP contribution in [-0.2, 0) is 9.59 Å². The summed E-state index contributed by atoms with van der Waals surface area (Å²) in [5.74, 6) is -0.361. The Bertz CT molecular complexity index is 314. The quantitative estimate of drug-likeness (QED) is 0.594. The van der Waals surface area contributed by atoms with Crippen LogP contribution < -0.4 is 11.1 Å². The third-order valence-electron chi connectivity index (χ3n) is 4.08. The molecule has 19 heavy (non-hydrogen) atoms. The van der Waals surface area contributed by atoms with Gasteiger partial charge in [-0.3, -0.25) is 9.59 Å². The Labute approximate surface area is 114 Å². The Morgan fingerprint density at radius 1 is 1.37 bits per heavy atom. The Morgan fingerprint density at radius 3 is 2.53 bits per heavy atom. The lowest BCUT2D eigenvalue weighted by atomic mass is 9.75. The Kier molecular flexibility index (Phi) is 6.28. The molecule has 0 saturated heterocycles. The molecule has 0 spiro atoms. The first-order valence-electron chi connectivity index (χ1n) is 7.22. The number of amides is 1. The summed E-state index contributed by atoms with van der Waals surface area (Å²) in [7, 11) is 0. The largest absolute Gasteiger partial charge is 0.481 e. The molecule has 5 heteroatoms. The van der Waals surface area contributed by atoms with E-state index >= 15 is 0 Å². The van der Waals surface area contributed by atoms with Crippen LogP contribution in [0.2, 0.25) is 0 Å². The molecule has 0 aliphatic heterocycles. The number of nitrogens with one attached hydrogen (secondary N) is 1. The summed E-state index contributed by atoms with van der Waals surface area (Å²) in [4.78, 5) is 22.2. The van der Waals surface area contributed by atoms with Gasteiger partial charge in [-0.2, -0.15) is 0 Å². The molecule has 4 N–H and O–H groups in total. The average Bonchev–Trinajstić information content (AvgIpc) is 2.31. The van der Waals surface area contributed by atoms with Crippen LogP contribution in [0, 0.1) is 5.92 Å². The summed E-state index contributed by atoms with van der Waals surface area (Å²) in [6.07, 6.45) is 6.10. The molecule has 0 radical (unpaired) electrons. The highest BCUT2D eigenvalue weighted by Gasteiger charge is 2.34. The van der Waals surface area contributed by atoms with Gasteiger partial charge in [-0.1, -0.05) is 13.3 Å². The van der Waals surface area contributed by atoms with E-state index in [4.69, 9.17) is 10.8 Å². The molecule has 1 unspecified atom stereocenters. The second-order valence-electron chi connectivity index (χ2n) is 5.74. The number of nitrogens with two attached hydrogens (primary N) is 1. The number of carbonyl (C=O) groups excluding carboxylic acids is 1. The number of rotatable bonds is 9. The summed E-state index contributed by atoms with van der Waals surface area (Å²) in [5.41, 5.74) is 5.75. The average molecular weight is 270 g/mol. The Balaban J connectivity index is 2.13. The van der Waals surface area contributed by atoms with Crippen molar-refractivity contribution in [2.45, 2.75) is 63.8 Å². The summed E-state index contributed by atoms with van der Waals surface area (Å²) in [6, 6.07) is 0. The van der Waals surface area contributed by atoms with E-state index in [1.807, 2.05) is 0 Å². The number of hydrogen-bond acceptors (Lipinski definition) is 3. The maximum Gasteiger partial charge on any atom is 0.303 e. The van der Waals surface area contributed by atoms with E-state index in [1.54, 1.807) is 0 Å². The van der Waals surface area contributed by atoms with Gasteiger partial charge in [-0.15, -0.1) is 0 Å². The number of hydrogen-bond donors (Lipinski definition) is 3. The minimum absolute atomic E-state index is 0.0234. The molecular formula is C14H26N2O3. The van der Waals surface area contributed by atoms with E-state index in [-0.39, 0.29) is 17.9 Å². The van der Waals surface area contributed by atoms with Gasteiger partial charge < -0.3 is 16.2 Å². The van der Waals surface area contributed by atoms with Crippen molar-refractivity contribution in [2.24, 2.45) is 11.7 Å². The molecule has 1 aliphatic rings. The predicted molar refractivity (Wildman–Crippen MR) is 73.7 cm³/mol. The molecule has 1 aliphatic carbocycles. The van der Waals surface area contributed by atoms with Crippen molar-refractivity contribution in [1.29, 1.82) is 0 Å². The molecule has 1 atom stereocenters. The van der Waals surface area contributed by atoms with E-state index < -0.39 is 5.97 Å². The van der Waals surface area contributed by atoms with Gasteiger partial charge in [-0.25, -0.2) is 0 Å². The molecule has 1 fully saturated rings. The van der Waals surface area contributed by atoms with Gasteiger partial charge in [0.25, 0.3) is 0 Å². The van der Waals surface area contributed by atoms with Crippen molar-refractivity contribution >= 4 is 11.9 Å². The Hall–Kier alpha value is -1.10. The van der Waals surface area contributed by atoms with Crippen LogP contribution in [0.25, 0.3) is 0 Å². The van der Waals surface area contributed by atoms with E-state index in [9.17, 15) is 9.59 Å². The molecule has 0 aromatic rings. The summed E-state index contributed by atoms with van der Waals surface area (Å²) in [6.45, 7) is 2.67. The summed E-state index contributed by atoms with van der Waals surface area (Å²) in [5, 5.41) is 11.5. The molecule has 0 heterocycles. The second-order valence-corrected chi connectivity index (χ2v) is 5.74. The minimum Gasteiger partial charge on any atom is -0.481 e. The number of aliphatic carboxylic acids is 1. The zero-order chi connectivity index (χ0) is 14.3. The molecule has 1 rings (SSSR count). The normalized spacial score (nSPS) is 18.4. The lowest BCUT2D eigenvalue weighted by Gasteiger charge is -2.37. The van der Waals surface area contributed by atoms with Crippen molar-refractivity contribution in [3.63, 3.8) is 0 Å². The summed E-state index contributed by atoms with van der Waals surface area (Å²) < 4.78 is 0. The van der Waals surface area contributed by atoms with Gasteiger partial charge in [-0.05, 0) is 38.0 Å². The zero-order valence-electron chi connectivity index (χ0n) is 11.8. The van der Waals surface area contributed by atoms with Crippen LogP contribution in [0.3, 0.4) is 0 Å². The molecule has 5 nitrogen and oxygen atoms in total. The van der Waals surface area contributed by atoms with Gasteiger partial charge in [0, 0.05) is 24.9 Å². The topological polar surface area (TPSA) is 92.4 Å². The van der Waals surface area contributed by atoms with Gasteiger partial charge >= 0.3 is 5.97 Å². The third-order valence-corrected chi connectivity index (χ3v) is 4.08. The van der Waals surface area contributed by atoms with Crippen molar-refractivity contribution in [2.75, 3.05) is 6.54 Å². The fraction of sp³-hybridized carbons (Fsp3) is 0.857. The third kappa shape index (κ3) is 6.05. The van der Waals surface area contributed by atoms with Gasteiger partial charge in [0.2, 0.25) is 5.91 Å². The predicted octanol–water partition coefficient (Wildman–Crippen LogP) is 1.66. The van der Waals surface area contributed by atoms with E-state index in [1.165, 1.54) is 0 Å².